The smallest absolute Gasteiger partial charge is 0.226 e. The van der Waals surface area contributed by atoms with E-state index in [1.165, 1.54) is 17.0 Å². The number of para-hydroxylation sites is 1. The third kappa shape index (κ3) is 4.51. The van der Waals surface area contributed by atoms with E-state index in [1.54, 1.807) is 48.5 Å². The number of likely N-dealkylation sites (tertiary alicyclic amines) is 1. The molecule has 0 aromatic heterocycles. The van der Waals surface area contributed by atoms with Gasteiger partial charge in [-0.15, -0.1) is 0 Å². The molecule has 0 bridgehead atoms. The Labute approximate surface area is 167 Å². The molecule has 1 amide bonds. The van der Waals surface area contributed by atoms with E-state index >= 15 is 0 Å². The Balaban J connectivity index is 1.85. The number of benzene rings is 2. The van der Waals surface area contributed by atoms with Crippen LogP contribution in [0.3, 0.4) is 0 Å². The number of anilines is 1. The van der Waals surface area contributed by atoms with Gasteiger partial charge in [0.2, 0.25) is 5.91 Å². The maximum Gasteiger partial charge on any atom is 0.226 e. The lowest BCUT2D eigenvalue weighted by Crippen LogP contribution is -2.48. The summed E-state index contributed by atoms with van der Waals surface area (Å²) in [6, 6.07) is 15.5. The SMILES string of the molecule is [2H]C([2H])([2H])C([2H])([2H])C(=O)N(c1ccccc1)C1CCN(C([2H])([2H])C([2H])(O)c2ccccc2)CC1. The van der Waals surface area contributed by atoms with Crippen molar-refractivity contribution in [1.29, 1.82) is 0 Å². The minimum atomic E-state index is -3.16. The third-order valence-electron chi connectivity index (χ3n) is 4.50. The second-order valence-corrected chi connectivity index (χ2v) is 6.18. The zero-order valence-corrected chi connectivity index (χ0v) is 14.4. The van der Waals surface area contributed by atoms with E-state index in [2.05, 4.69) is 0 Å². The fourth-order valence-electron chi connectivity index (χ4n) is 3.19. The van der Waals surface area contributed by atoms with Crippen molar-refractivity contribution in [3.63, 3.8) is 0 Å². The van der Waals surface area contributed by atoms with Gasteiger partial charge in [-0.3, -0.25) is 4.79 Å². The van der Waals surface area contributed by atoms with Gasteiger partial charge in [-0.1, -0.05) is 55.4 Å². The molecule has 4 heteroatoms. The number of piperidine rings is 1. The average molecular weight is 361 g/mol. The highest BCUT2D eigenvalue weighted by molar-refractivity contribution is 5.93. The molecule has 2 aromatic rings. The Bertz CT molecular complexity index is 975. The Morgan fingerprint density at radius 1 is 1.23 bits per heavy atom. The molecule has 3 rings (SSSR count). The van der Waals surface area contributed by atoms with Gasteiger partial charge in [0.1, 0.15) is 0 Å². The fraction of sp³-hybridized carbons (Fsp3) is 0.409. The zero-order chi connectivity index (χ0) is 25.4. The molecule has 1 aliphatic heterocycles. The molecular weight excluding hydrogens is 324 g/mol. The number of nitrogens with zero attached hydrogens (tertiary/aromatic N) is 2. The van der Waals surface area contributed by atoms with E-state index in [0.29, 0.717) is 5.69 Å². The molecule has 1 atom stereocenters. The van der Waals surface area contributed by atoms with Crippen molar-refractivity contribution in [2.45, 2.75) is 38.2 Å². The number of rotatable bonds is 6. The summed E-state index contributed by atoms with van der Waals surface area (Å²) in [7, 11) is 0. The normalized spacial score (nSPS) is 24.3. The summed E-state index contributed by atoms with van der Waals surface area (Å²) in [5.74, 6) is -1.18. The lowest BCUT2D eigenvalue weighted by atomic mass is 10.0. The topological polar surface area (TPSA) is 43.8 Å². The number of carbonyl (C=O) groups is 1. The number of hydrogen-bond donors (Lipinski definition) is 1. The van der Waals surface area contributed by atoms with E-state index in [4.69, 9.17) is 11.0 Å². The summed E-state index contributed by atoms with van der Waals surface area (Å²) in [6.45, 7) is -5.47. The number of hydrogen-bond acceptors (Lipinski definition) is 3. The first-order valence-electron chi connectivity index (χ1n) is 12.6. The number of carbonyl (C=O) groups excluding carboxylic acids is 1. The van der Waals surface area contributed by atoms with Crippen LogP contribution < -0.4 is 4.90 Å². The molecule has 1 unspecified atom stereocenters. The highest BCUT2D eigenvalue weighted by Crippen LogP contribution is 2.25. The van der Waals surface area contributed by atoms with Gasteiger partial charge in [0, 0.05) is 47.3 Å². The quantitative estimate of drug-likeness (QED) is 0.855. The largest absolute Gasteiger partial charge is 0.387 e. The number of aliphatic hydroxyl groups is 1. The minimum absolute atomic E-state index is 0.0685. The highest BCUT2D eigenvalue weighted by atomic mass is 16.3. The van der Waals surface area contributed by atoms with Gasteiger partial charge in [0.15, 0.2) is 0 Å². The first kappa shape index (κ1) is 10.9. The first-order chi connectivity index (χ1) is 15.7. The standard InChI is InChI=1S/C22H28N2O2/c1-2-22(26)24(19-11-7-4-8-12-19)20-13-15-23(16-14-20)17-21(25)18-9-5-3-6-10-18/h3-12,20-21,25H,2,13-17H2,1H3/i1D3,2D2,17D2,21D. The van der Waals surface area contributed by atoms with Gasteiger partial charge in [-0.05, 0) is 30.5 Å². The lowest BCUT2D eigenvalue weighted by molar-refractivity contribution is -0.119. The van der Waals surface area contributed by atoms with Crippen molar-refractivity contribution in [3.8, 4) is 0 Å². The molecule has 1 aliphatic rings. The Kier molecular flexibility index (Phi) is 3.74. The molecule has 1 saturated heterocycles. The van der Waals surface area contributed by atoms with Gasteiger partial charge < -0.3 is 14.9 Å². The van der Waals surface area contributed by atoms with E-state index < -0.39 is 37.8 Å². The number of β-amino-alcohol motifs (C(OH)–C–C–N with tert-alkyl or cyclic N) is 1. The van der Waals surface area contributed by atoms with E-state index in [9.17, 15) is 9.90 Å². The summed E-state index contributed by atoms with van der Waals surface area (Å²) >= 11 is 0. The lowest BCUT2D eigenvalue weighted by Gasteiger charge is -2.39. The van der Waals surface area contributed by atoms with Crippen molar-refractivity contribution >= 4 is 11.6 Å². The molecule has 2 aromatic carbocycles. The van der Waals surface area contributed by atoms with Gasteiger partial charge in [0.05, 0.1) is 7.45 Å². The molecule has 1 heterocycles. The maximum absolute atomic E-state index is 13.2. The maximum atomic E-state index is 13.2. The van der Waals surface area contributed by atoms with Crippen LogP contribution in [0.2, 0.25) is 0 Å². The van der Waals surface area contributed by atoms with E-state index in [1.807, 2.05) is 0 Å². The summed E-state index contributed by atoms with van der Waals surface area (Å²) in [5, 5.41) is 10.8. The molecule has 1 N–H and O–H groups in total. The number of amides is 1. The Hall–Kier alpha value is -2.17. The molecule has 0 saturated carbocycles. The predicted molar refractivity (Wildman–Crippen MR) is 105 cm³/mol. The van der Waals surface area contributed by atoms with Gasteiger partial charge >= 0.3 is 0 Å². The Morgan fingerprint density at radius 2 is 1.85 bits per heavy atom. The van der Waals surface area contributed by atoms with Gasteiger partial charge in [-0.25, -0.2) is 0 Å². The predicted octanol–water partition coefficient (Wildman–Crippen LogP) is 3.63. The van der Waals surface area contributed by atoms with Crippen LogP contribution >= 0.6 is 0 Å². The molecule has 1 fully saturated rings. The van der Waals surface area contributed by atoms with E-state index in [-0.39, 0.29) is 31.5 Å². The first-order valence-corrected chi connectivity index (χ1v) is 8.63. The highest BCUT2D eigenvalue weighted by Gasteiger charge is 2.29. The van der Waals surface area contributed by atoms with Crippen LogP contribution in [0.4, 0.5) is 5.69 Å². The van der Waals surface area contributed by atoms with E-state index in [0.717, 1.165) is 4.90 Å². The van der Waals surface area contributed by atoms with Crippen LogP contribution in [0.1, 0.15) is 48.7 Å². The molecule has 26 heavy (non-hydrogen) atoms. The molecule has 0 radical (unpaired) electrons. The van der Waals surface area contributed by atoms with Crippen LogP contribution in [-0.4, -0.2) is 41.5 Å². The van der Waals surface area contributed by atoms with Gasteiger partial charge in [0.25, 0.3) is 0 Å². The van der Waals surface area contributed by atoms with Crippen LogP contribution in [0, 0.1) is 0 Å². The molecule has 0 spiro atoms. The summed E-state index contributed by atoms with van der Waals surface area (Å²) in [5.41, 5.74) is 0.456. The summed E-state index contributed by atoms with van der Waals surface area (Å²) in [6.07, 6.45) is -5.26. The van der Waals surface area contributed by atoms with Crippen LogP contribution in [0.25, 0.3) is 0 Å². The third-order valence-corrected chi connectivity index (χ3v) is 4.50. The average Bonchev–Trinajstić information content (AvgIpc) is 2.80. The van der Waals surface area contributed by atoms with Crippen molar-refractivity contribution in [3.05, 3.63) is 66.2 Å². The second-order valence-electron chi connectivity index (χ2n) is 6.18. The van der Waals surface area contributed by atoms with Gasteiger partial charge in [-0.2, -0.15) is 0 Å². The minimum Gasteiger partial charge on any atom is -0.387 e. The summed E-state index contributed by atoms with van der Waals surface area (Å²) < 4.78 is 63.8. The van der Waals surface area contributed by atoms with Crippen LogP contribution in [0.15, 0.2) is 60.7 Å². The monoisotopic (exact) mass is 360 g/mol. The zero-order valence-electron chi connectivity index (χ0n) is 22.4. The van der Waals surface area contributed by atoms with Crippen molar-refractivity contribution in [2.75, 3.05) is 24.5 Å². The van der Waals surface area contributed by atoms with Crippen molar-refractivity contribution in [2.24, 2.45) is 0 Å². The van der Waals surface area contributed by atoms with Crippen LogP contribution in [0.5, 0.6) is 0 Å². The summed E-state index contributed by atoms with van der Waals surface area (Å²) in [4.78, 5) is 15.7. The fourth-order valence-corrected chi connectivity index (χ4v) is 3.19. The Morgan fingerprint density at radius 3 is 2.46 bits per heavy atom. The van der Waals surface area contributed by atoms with Crippen LogP contribution in [-0.2, 0) is 4.79 Å². The second kappa shape index (κ2) is 8.97. The van der Waals surface area contributed by atoms with Crippen molar-refractivity contribution in [1.82, 2.24) is 4.90 Å². The molecule has 4 nitrogen and oxygen atoms in total. The molecular formula is C22H28N2O2. The van der Waals surface area contributed by atoms with Crippen molar-refractivity contribution < 1.29 is 20.9 Å². The molecule has 0 aliphatic carbocycles. The molecule has 138 valence electrons.